The number of fused-ring (bicyclic) bond motifs is 3. The van der Waals surface area contributed by atoms with Crippen molar-refractivity contribution in [1.29, 1.82) is 0 Å². The summed E-state index contributed by atoms with van der Waals surface area (Å²) < 4.78 is 1.88. The summed E-state index contributed by atoms with van der Waals surface area (Å²) >= 11 is 0. The summed E-state index contributed by atoms with van der Waals surface area (Å²) in [6, 6.07) is 10.5. The SMILES string of the molecule is Cc1cccnc1CN1C[C@@H]2C[C@H]1CN2C(=O)c1cccc2nccn12. The summed E-state index contributed by atoms with van der Waals surface area (Å²) in [4.78, 5) is 26.4. The number of amides is 1. The summed E-state index contributed by atoms with van der Waals surface area (Å²) in [5, 5.41) is 0. The number of carbonyl (C=O) groups excluding carboxylic acids is 1. The molecule has 0 N–H and O–H groups in total. The molecule has 5 rings (SSSR count). The van der Waals surface area contributed by atoms with Crippen molar-refractivity contribution in [2.45, 2.75) is 32.0 Å². The molecule has 132 valence electrons. The first-order valence-corrected chi connectivity index (χ1v) is 9.08. The Bertz CT molecular complexity index is 981. The highest BCUT2D eigenvalue weighted by Gasteiger charge is 2.45. The van der Waals surface area contributed by atoms with Crippen LogP contribution in [-0.2, 0) is 6.54 Å². The van der Waals surface area contributed by atoms with Crippen LogP contribution in [0.4, 0.5) is 0 Å². The predicted molar refractivity (Wildman–Crippen MR) is 97.8 cm³/mol. The maximum atomic E-state index is 13.1. The van der Waals surface area contributed by atoms with Crippen molar-refractivity contribution >= 4 is 11.6 Å². The van der Waals surface area contributed by atoms with E-state index in [4.69, 9.17) is 0 Å². The van der Waals surface area contributed by atoms with Crippen molar-refractivity contribution < 1.29 is 4.79 Å². The molecule has 26 heavy (non-hydrogen) atoms. The first-order valence-electron chi connectivity index (χ1n) is 9.08. The van der Waals surface area contributed by atoms with E-state index in [1.54, 1.807) is 6.20 Å². The number of nitrogens with zero attached hydrogens (tertiary/aromatic N) is 5. The van der Waals surface area contributed by atoms with Crippen LogP contribution in [0.25, 0.3) is 5.65 Å². The van der Waals surface area contributed by atoms with Gasteiger partial charge in [-0.1, -0.05) is 12.1 Å². The fourth-order valence-electron chi connectivity index (χ4n) is 4.34. The lowest BCUT2D eigenvalue weighted by molar-refractivity contribution is 0.0607. The molecule has 0 saturated carbocycles. The predicted octanol–water partition coefficient (Wildman–Crippen LogP) is 2.14. The maximum absolute atomic E-state index is 13.1. The first-order chi connectivity index (χ1) is 12.7. The van der Waals surface area contributed by atoms with Gasteiger partial charge in [-0.15, -0.1) is 0 Å². The summed E-state index contributed by atoms with van der Waals surface area (Å²) in [7, 11) is 0. The van der Waals surface area contributed by atoms with Gasteiger partial charge < -0.3 is 4.90 Å². The molecule has 3 aromatic heterocycles. The lowest BCUT2D eigenvalue weighted by atomic mass is 10.2. The van der Waals surface area contributed by atoms with Crippen molar-refractivity contribution in [3.05, 3.63) is 65.9 Å². The Morgan fingerprint density at radius 2 is 2.04 bits per heavy atom. The molecule has 6 nitrogen and oxygen atoms in total. The number of pyridine rings is 2. The molecule has 0 spiro atoms. The first kappa shape index (κ1) is 15.5. The minimum absolute atomic E-state index is 0.106. The van der Waals surface area contributed by atoms with Crippen LogP contribution in [0.2, 0.25) is 0 Å². The van der Waals surface area contributed by atoms with Gasteiger partial charge in [-0.05, 0) is 37.1 Å². The monoisotopic (exact) mass is 347 g/mol. The highest BCUT2D eigenvalue weighted by molar-refractivity contribution is 5.94. The molecule has 2 bridgehead atoms. The van der Waals surface area contributed by atoms with Crippen LogP contribution >= 0.6 is 0 Å². The Morgan fingerprint density at radius 3 is 2.85 bits per heavy atom. The second-order valence-corrected chi connectivity index (χ2v) is 7.26. The van der Waals surface area contributed by atoms with Crippen molar-refractivity contribution in [3.63, 3.8) is 0 Å². The van der Waals surface area contributed by atoms with Crippen molar-refractivity contribution in [3.8, 4) is 0 Å². The molecule has 2 aliphatic heterocycles. The Labute approximate surface area is 152 Å². The van der Waals surface area contributed by atoms with Crippen LogP contribution in [0.3, 0.4) is 0 Å². The number of hydrogen-bond acceptors (Lipinski definition) is 4. The molecule has 6 heteroatoms. The third-order valence-corrected chi connectivity index (χ3v) is 5.73. The van der Waals surface area contributed by atoms with Gasteiger partial charge in [0.1, 0.15) is 11.3 Å². The van der Waals surface area contributed by atoms with E-state index in [9.17, 15) is 4.79 Å². The van der Waals surface area contributed by atoms with Gasteiger partial charge in [0.25, 0.3) is 5.91 Å². The van der Waals surface area contributed by atoms with Crippen molar-refractivity contribution in [1.82, 2.24) is 24.2 Å². The maximum Gasteiger partial charge on any atom is 0.271 e. The van der Waals surface area contributed by atoms with E-state index in [2.05, 4.69) is 27.9 Å². The summed E-state index contributed by atoms with van der Waals surface area (Å²) in [6.45, 7) is 4.69. The molecule has 1 amide bonds. The van der Waals surface area contributed by atoms with Gasteiger partial charge in [-0.3, -0.25) is 19.1 Å². The number of aromatic nitrogens is 3. The third kappa shape index (κ3) is 2.41. The van der Waals surface area contributed by atoms with E-state index in [0.29, 0.717) is 11.7 Å². The van der Waals surface area contributed by atoms with Gasteiger partial charge in [0, 0.05) is 50.3 Å². The highest BCUT2D eigenvalue weighted by atomic mass is 16.2. The standard InChI is InChI=1S/C20H21N5O/c1-14-4-3-7-21-17(14)13-23-11-16-10-15(23)12-25(16)20(26)18-5-2-6-19-22-8-9-24(18)19/h2-9,15-16H,10-13H2,1H3/t15-,16-/m0/s1. The lowest BCUT2D eigenvalue weighted by Crippen LogP contribution is -2.48. The molecule has 2 fully saturated rings. The van der Waals surface area contributed by atoms with E-state index < -0.39 is 0 Å². The van der Waals surface area contributed by atoms with Gasteiger partial charge >= 0.3 is 0 Å². The fraction of sp³-hybridized carbons (Fsp3) is 0.350. The minimum atomic E-state index is 0.106. The van der Waals surface area contributed by atoms with Gasteiger partial charge in [-0.25, -0.2) is 4.98 Å². The Morgan fingerprint density at radius 1 is 1.12 bits per heavy atom. The van der Waals surface area contributed by atoms with Crippen LogP contribution in [-0.4, -0.2) is 55.2 Å². The number of carbonyl (C=O) groups is 1. The van der Waals surface area contributed by atoms with Gasteiger partial charge in [0.15, 0.2) is 0 Å². The van der Waals surface area contributed by atoms with E-state index in [1.165, 1.54) is 5.56 Å². The van der Waals surface area contributed by atoms with E-state index in [0.717, 1.165) is 37.4 Å². The normalized spacial score (nSPS) is 22.4. The number of rotatable bonds is 3. The molecule has 2 aliphatic rings. The zero-order chi connectivity index (χ0) is 17.7. The van der Waals surface area contributed by atoms with Gasteiger partial charge in [0.05, 0.1) is 5.69 Å². The average Bonchev–Trinajstić information content (AvgIpc) is 3.37. The molecule has 3 aromatic rings. The lowest BCUT2D eigenvalue weighted by Gasteiger charge is -2.34. The molecule has 0 unspecified atom stereocenters. The number of aryl methyl sites for hydroxylation is 1. The zero-order valence-electron chi connectivity index (χ0n) is 14.7. The molecule has 5 heterocycles. The molecule has 0 aliphatic carbocycles. The quantitative estimate of drug-likeness (QED) is 0.728. The highest BCUT2D eigenvalue weighted by Crippen LogP contribution is 2.33. The number of hydrogen-bond donors (Lipinski definition) is 0. The molecular weight excluding hydrogens is 326 g/mol. The Kier molecular flexibility index (Phi) is 3.53. The van der Waals surface area contributed by atoms with Crippen LogP contribution in [0.15, 0.2) is 48.9 Å². The second kappa shape index (κ2) is 5.92. The van der Waals surface area contributed by atoms with E-state index >= 15 is 0 Å². The molecular formula is C20H21N5O. The van der Waals surface area contributed by atoms with Crippen LogP contribution in [0.1, 0.15) is 28.2 Å². The summed E-state index contributed by atoms with van der Waals surface area (Å²) in [5.74, 6) is 0.106. The van der Waals surface area contributed by atoms with E-state index in [-0.39, 0.29) is 11.9 Å². The molecule has 2 saturated heterocycles. The van der Waals surface area contributed by atoms with Gasteiger partial charge in [0.2, 0.25) is 0 Å². The molecule has 0 aromatic carbocycles. The number of likely N-dealkylation sites (tertiary alicyclic amines) is 2. The Hall–Kier alpha value is -2.73. The number of piperazine rings is 1. The van der Waals surface area contributed by atoms with Crippen LogP contribution < -0.4 is 0 Å². The minimum Gasteiger partial charge on any atom is -0.331 e. The molecule has 2 atom stereocenters. The van der Waals surface area contributed by atoms with E-state index in [1.807, 2.05) is 46.0 Å². The smallest absolute Gasteiger partial charge is 0.271 e. The topological polar surface area (TPSA) is 53.7 Å². The second-order valence-electron chi connectivity index (χ2n) is 7.26. The summed E-state index contributed by atoms with van der Waals surface area (Å²) in [6.07, 6.45) is 6.50. The van der Waals surface area contributed by atoms with Crippen molar-refractivity contribution in [2.24, 2.45) is 0 Å². The number of imidazole rings is 1. The average molecular weight is 347 g/mol. The van der Waals surface area contributed by atoms with Crippen LogP contribution in [0, 0.1) is 6.92 Å². The van der Waals surface area contributed by atoms with Crippen LogP contribution in [0.5, 0.6) is 0 Å². The molecule has 0 radical (unpaired) electrons. The zero-order valence-corrected chi connectivity index (χ0v) is 14.7. The fourth-order valence-corrected chi connectivity index (χ4v) is 4.34. The third-order valence-electron chi connectivity index (χ3n) is 5.73. The van der Waals surface area contributed by atoms with Crippen molar-refractivity contribution in [2.75, 3.05) is 13.1 Å². The largest absolute Gasteiger partial charge is 0.331 e. The summed E-state index contributed by atoms with van der Waals surface area (Å²) in [5.41, 5.74) is 3.88. The Balaban J connectivity index is 1.33. The van der Waals surface area contributed by atoms with Gasteiger partial charge in [-0.2, -0.15) is 0 Å².